The largest absolute Gasteiger partial charge is 0.497 e. The lowest BCUT2D eigenvalue weighted by Gasteiger charge is -2.37. The third-order valence-electron chi connectivity index (χ3n) is 5.92. The third-order valence-corrected chi connectivity index (χ3v) is 7.73. The summed E-state index contributed by atoms with van der Waals surface area (Å²) < 4.78 is 5.23. The smallest absolute Gasteiger partial charge is 0.262 e. The van der Waals surface area contributed by atoms with E-state index in [1.807, 2.05) is 54.5 Å². The van der Waals surface area contributed by atoms with E-state index in [0.29, 0.717) is 18.0 Å². The van der Waals surface area contributed by atoms with Gasteiger partial charge >= 0.3 is 0 Å². The van der Waals surface area contributed by atoms with Crippen LogP contribution in [0, 0.1) is 5.92 Å². The zero-order valence-corrected chi connectivity index (χ0v) is 21.3. The highest BCUT2D eigenvalue weighted by Gasteiger charge is 2.31. The van der Waals surface area contributed by atoms with E-state index in [2.05, 4.69) is 15.6 Å². The fourth-order valence-electron chi connectivity index (χ4n) is 3.93. The fraction of sp³-hybridized carbons (Fsp3) is 0.400. The molecule has 0 spiro atoms. The standard InChI is InChI=1S/C25H30N4O3S2/c1-17(2)22(27-23(30)21-5-4-14-33-21)25(31)29-12-10-28(11-13-29)15-19-16-34-24(26-19)18-6-8-20(32-3)9-7-18/h4-9,14,16-17,22H,10-13,15H2,1-3H3,(H,27,30). The number of thiophene rings is 1. The van der Waals surface area contributed by atoms with Crippen LogP contribution in [-0.4, -0.2) is 65.9 Å². The molecule has 1 aliphatic heterocycles. The van der Waals surface area contributed by atoms with Crippen LogP contribution in [0.4, 0.5) is 0 Å². The topological polar surface area (TPSA) is 74.8 Å². The first kappa shape index (κ1) is 24.4. The molecule has 7 nitrogen and oxygen atoms in total. The van der Waals surface area contributed by atoms with Crippen LogP contribution in [-0.2, 0) is 11.3 Å². The first-order chi connectivity index (χ1) is 16.4. The van der Waals surface area contributed by atoms with Crippen molar-refractivity contribution in [3.05, 3.63) is 57.7 Å². The van der Waals surface area contributed by atoms with E-state index >= 15 is 0 Å². The minimum absolute atomic E-state index is 0.00462. The van der Waals surface area contributed by atoms with Gasteiger partial charge in [0.05, 0.1) is 17.7 Å². The number of benzene rings is 1. The van der Waals surface area contributed by atoms with Crippen molar-refractivity contribution in [1.82, 2.24) is 20.1 Å². The predicted octanol–water partition coefficient (Wildman–Crippen LogP) is 3.98. The van der Waals surface area contributed by atoms with Crippen LogP contribution in [0.5, 0.6) is 5.75 Å². The molecule has 1 atom stereocenters. The lowest BCUT2D eigenvalue weighted by Crippen LogP contribution is -2.56. The Morgan fingerprint density at radius 3 is 2.44 bits per heavy atom. The number of carbonyl (C=O) groups excluding carboxylic acids is 2. The van der Waals surface area contributed by atoms with Crippen molar-refractivity contribution < 1.29 is 14.3 Å². The van der Waals surface area contributed by atoms with Gasteiger partial charge in [0.2, 0.25) is 5.91 Å². The molecule has 1 aromatic carbocycles. The number of hydrogen-bond acceptors (Lipinski definition) is 7. The first-order valence-electron chi connectivity index (χ1n) is 11.4. The summed E-state index contributed by atoms with van der Waals surface area (Å²) in [5.41, 5.74) is 2.12. The summed E-state index contributed by atoms with van der Waals surface area (Å²) in [6.07, 6.45) is 0. The van der Waals surface area contributed by atoms with Gasteiger partial charge in [0.15, 0.2) is 0 Å². The van der Waals surface area contributed by atoms with Gasteiger partial charge < -0.3 is 15.0 Å². The summed E-state index contributed by atoms with van der Waals surface area (Å²) in [7, 11) is 1.66. The number of amides is 2. The Morgan fingerprint density at radius 1 is 1.09 bits per heavy atom. The second kappa shape index (κ2) is 11.1. The molecule has 1 aliphatic rings. The monoisotopic (exact) mass is 498 g/mol. The lowest BCUT2D eigenvalue weighted by molar-refractivity contribution is -0.136. The molecule has 3 aromatic rings. The SMILES string of the molecule is COc1ccc(-c2nc(CN3CCN(C(=O)C(NC(=O)c4cccs4)C(C)C)CC3)cs2)cc1. The zero-order valence-electron chi connectivity index (χ0n) is 19.7. The van der Waals surface area contributed by atoms with Crippen LogP contribution in [0.15, 0.2) is 47.2 Å². The number of nitrogens with zero attached hydrogens (tertiary/aromatic N) is 3. The second-order valence-corrected chi connectivity index (χ2v) is 10.5. The van der Waals surface area contributed by atoms with Gasteiger partial charge in [-0.2, -0.15) is 0 Å². The molecule has 2 aromatic heterocycles. The number of aromatic nitrogens is 1. The molecule has 0 saturated carbocycles. The van der Waals surface area contributed by atoms with Gasteiger partial charge in [-0.25, -0.2) is 4.98 Å². The molecule has 1 fully saturated rings. The van der Waals surface area contributed by atoms with Crippen molar-refractivity contribution in [3.8, 4) is 16.3 Å². The number of thiazole rings is 1. The molecule has 2 amide bonds. The second-order valence-electron chi connectivity index (χ2n) is 8.65. The van der Waals surface area contributed by atoms with E-state index in [1.165, 1.54) is 11.3 Å². The highest BCUT2D eigenvalue weighted by Crippen LogP contribution is 2.26. The van der Waals surface area contributed by atoms with E-state index in [4.69, 9.17) is 9.72 Å². The van der Waals surface area contributed by atoms with E-state index in [-0.39, 0.29) is 17.7 Å². The van der Waals surface area contributed by atoms with Crippen LogP contribution >= 0.6 is 22.7 Å². The van der Waals surface area contributed by atoms with Crippen molar-refractivity contribution in [2.24, 2.45) is 5.92 Å². The Morgan fingerprint density at radius 2 is 1.82 bits per heavy atom. The highest BCUT2D eigenvalue weighted by atomic mass is 32.1. The van der Waals surface area contributed by atoms with Gasteiger partial charge in [-0.15, -0.1) is 22.7 Å². The van der Waals surface area contributed by atoms with E-state index in [0.717, 1.165) is 41.6 Å². The Labute approximate surface area is 208 Å². The van der Waals surface area contributed by atoms with Crippen molar-refractivity contribution >= 4 is 34.5 Å². The van der Waals surface area contributed by atoms with Crippen LogP contribution in [0.3, 0.4) is 0 Å². The van der Waals surface area contributed by atoms with Crippen LogP contribution in [0.25, 0.3) is 10.6 Å². The van der Waals surface area contributed by atoms with E-state index in [1.54, 1.807) is 24.5 Å². The molecule has 180 valence electrons. The normalized spacial score (nSPS) is 15.4. The number of hydrogen-bond donors (Lipinski definition) is 1. The maximum atomic E-state index is 13.2. The lowest BCUT2D eigenvalue weighted by atomic mass is 10.0. The summed E-state index contributed by atoms with van der Waals surface area (Å²) in [5, 5.41) is 7.90. The predicted molar refractivity (Wildman–Crippen MR) is 136 cm³/mol. The molecular formula is C25H30N4O3S2. The molecule has 1 unspecified atom stereocenters. The molecule has 0 radical (unpaired) electrons. The van der Waals surface area contributed by atoms with Crippen molar-refractivity contribution in [1.29, 1.82) is 0 Å². The number of carbonyl (C=O) groups is 2. The highest BCUT2D eigenvalue weighted by molar-refractivity contribution is 7.13. The van der Waals surface area contributed by atoms with Gasteiger partial charge in [0.25, 0.3) is 5.91 Å². The summed E-state index contributed by atoms with van der Waals surface area (Å²) in [6, 6.07) is 11.0. The minimum atomic E-state index is -0.522. The van der Waals surface area contributed by atoms with Gasteiger partial charge in [0.1, 0.15) is 16.8 Å². The first-order valence-corrected chi connectivity index (χ1v) is 13.1. The number of methoxy groups -OCH3 is 1. The zero-order chi connectivity index (χ0) is 24.1. The molecule has 1 N–H and O–H groups in total. The molecule has 4 rings (SSSR count). The maximum absolute atomic E-state index is 13.2. The third kappa shape index (κ3) is 5.84. The molecular weight excluding hydrogens is 468 g/mol. The van der Waals surface area contributed by atoms with Gasteiger partial charge in [-0.1, -0.05) is 19.9 Å². The molecule has 0 bridgehead atoms. The minimum Gasteiger partial charge on any atom is -0.497 e. The average molecular weight is 499 g/mol. The van der Waals surface area contributed by atoms with Crippen LogP contribution in [0.2, 0.25) is 0 Å². The van der Waals surface area contributed by atoms with Crippen molar-refractivity contribution in [3.63, 3.8) is 0 Å². The van der Waals surface area contributed by atoms with Crippen LogP contribution < -0.4 is 10.1 Å². The Bertz CT molecular complexity index is 1090. The summed E-state index contributed by atoms with van der Waals surface area (Å²) in [5.74, 6) is 0.659. The molecule has 0 aliphatic carbocycles. The summed E-state index contributed by atoms with van der Waals surface area (Å²) in [4.78, 5) is 35.3. The summed E-state index contributed by atoms with van der Waals surface area (Å²) >= 11 is 3.02. The maximum Gasteiger partial charge on any atom is 0.262 e. The van der Waals surface area contributed by atoms with Gasteiger partial charge in [-0.3, -0.25) is 14.5 Å². The molecule has 3 heterocycles. The Hall–Kier alpha value is -2.75. The average Bonchev–Trinajstić information content (AvgIpc) is 3.55. The summed E-state index contributed by atoms with van der Waals surface area (Å²) in [6.45, 7) is 7.55. The van der Waals surface area contributed by atoms with Crippen molar-refractivity contribution in [2.75, 3.05) is 33.3 Å². The Kier molecular flexibility index (Phi) is 7.97. The van der Waals surface area contributed by atoms with Crippen molar-refractivity contribution in [2.45, 2.75) is 26.4 Å². The number of rotatable bonds is 8. The number of piperazine rings is 1. The number of nitrogens with one attached hydrogen (secondary N) is 1. The quantitative estimate of drug-likeness (QED) is 0.509. The number of ether oxygens (including phenoxy) is 1. The van der Waals surface area contributed by atoms with E-state index in [9.17, 15) is 9.59 Å². The van der Waals surface area contributed by atoms with Gasteiger partial charge in [0, 0.05) is 43.7 Å². The fourth-order valence-corrected chi connectivity index (χ4v) is 5.38. The molecule has 1 saturated heterocycles. The van der Waals surface area contributed by atoms with E-state index < -0.39 is 6.04 Å². The molecule has 34 heavy (non-hydrogen) atoms. The van der Waals surface area contributed by atoms with Crippen LogP contribution in [0.1, 0.15) is 29.2 Å². The Balaban J connectivity index is 1.30. The molecule has 9 heteroatoms. The van der Waals surface area contributed by atoms with Gasteiger partial charge in [-0.05, 0) is 41.6 Å².